The van der Waals surface area contributed by atoms with Crippen LogP contribution in [-0.2, 0) is 0 Å². The van der Waals surface area contributed by atoms with E-state index < -0.39 is 0 Å². The zero-order chi connectivity index (χ0) is 18.1. The number of phenolic OH excluding ortho intramolecular Hbond substituents is 2. The molecule has 136 valence electrons. The lowest BCUT2D eigenvalue weighted by atomic mass is 10.0. The maximum absolute atomic E-state index is 10.1. The van der Waals surface area contributed by atoms with Crippen LogP contribution in [0.4, 0.5) is 0 Å². The molecular formula is C21H28O4. The molecule has 0 spiro atoms. The molecule has 0 bridgehead atoms. The van der Waals surface area contributed by atoms with E-state index in [0.717, 1.165) is 24.3 Å². The fourth-order valence-electron chi connectivity index (χ4n) is 2.83. The van der Waals surface area contributed by atoms with E-state index in [1.165, 1.54) is 51.3 Å². The van der Waals surface area contributed by atoms with Gasteiger partial charge in [-0.15, -0.1) is 0 Å². The maximum Gasteiger partial charge on any atom is 0.134 e. The van der Waals surface area contributed by atoms with Crippen LogP contribution in [0.25, 0.3) is 11.1 Å². The normalized spacial score (nSPS) is 10.6. The van der Waals surface area contributed by atoms with Crippen LogP contribution in [0, 0.1) is 0 Å². The average Bonchev–Trinajstić information content (AvgIpc) is 2.61. The number of unbranched alkanes of at least 4 members (excludes halogenated alkanes) is 5. The Morgan fingerprint density at radius 2 is 1.56 bits per heavy atom. The predicted octanol–water partition coefficient (Wildman–Crippen LogP) is 5.51. The Hall–Kier alpha value is -2.36. The molecule has 2 N–H and O–H groups in total. The predicted molar refractivity (Wildman–Crippen MR) is 101 cm³/mol. The Labute approximate surface area is 150 Å². The van der Waals surface area contributed by atoms with E-state index in [1.807, 2.05) is 24.3 Å². The van der Waals surface area contributed by atoms with Crippen LogP contribution >= 0.6 is 0 Å². The van der Waals surface area contributed by atoms with Crippen LogP contribution in [0.2, 0.25) is 0 Å². The number of aromatic hydroxyl groups is 2. The summed E-state index contributed by atoms with van der Waals surface area (Å²) in [6.45, 7) is 2.94. The number of hydrogen-bond acceptors (Lipinski definition) is 4. The molecule has 4 nitrogen and oxygen atoms in total. The van der Waals surface area contributed by atoms with Gasteiger partial charge in [-0.2, -0.15) is 0 Å². The average molecular weight is 344 g/mol. The van der Waals surface area contributed by atoms with Crippen molar-refractivity contribution in [2.75, 3.05) is 13.7 Å². The molecule has 4 heteroatoms. The fourth-order valence-corrected chi connectivity index (χ4v) is 2.83. The lowest BCUT2D eigenvalue weighted by Gasteiger charge is -2.12. The van der Waals surface area contributed by atoms with Crippen molar-refractivity contribution in [3.8, 4) is 34.1 Å². The van der Waals surface area contributed by atoms with Crippen molar-refractivity contribution in [2.45, 2.75) is 45.4 Å². The topological polar surface area (TPSA) is 58.9 Å². The van der Waals surface area contributed by atoms with Crippen molar-refractivity contribution in [1.29, 1.82) is 0 Å². The van der Waals surface area contributed by atoms with Gasteiger partial charge in [0.1, 0.15) is 23.0 Å². The molecule has 0 heterocycles. The van der Waals surface area contributed by atoms with Gasteiger partial charge >= 0.3 is 0 Å². The number of methoxy groups -OCH3 is 1. The summed E-state index contributed by atoms with van der Waals surface area (Å²) in [6, 6.07) is 10.3. The van der Waals surface area contributed by atoms with Crippen molar-refractivity contribution in [3.05, 3.63) is 36.4 Å². The molecule has 0 saturated carbocycles. The highest BCUT2D eigenvalue weighted by Gasteiger charge is 2.13. The molecule has 25 heavy (non-hydrogen) atoms. The molecule has 0 saturated heterocycles. The van der Waals surface area contributed by atoms with Crippen LogP contribution in [0.5, 0.6) is 23.0 Å². The van der Waals surface area contributed by atoms with Gasteiger partial charge in [0.05, 0.1) is 19.3 Å². The van der Waals surface area contributed by atoms with Crippen LogP contribution < -0.4 is 9.47 Å². The molecule has 2 rings (SSSR count). The third-order valence-electron chi connectivity index (χ3n) is 4.20. The van der Waals surface area contributed by atoms with E-state index in [1.54, 1.807) is 0 Å². The molecule has 0 fully saturated rings. The zero-order valence-corrected chi connectivity index (χ0v) is 15.1. The van der Waals surface area contributed by atoms with Crippen molar-refractivity contribution >= 4 is 0 Å². The van der Waals surface area contributed by atoms with Crippen molar-refractivity contribution in [2.24, 2.45) is 0 Å². The minimum atomic E-state index is -0.0306. The summed E-state index contributed by atoms with van der Waals surface area (Å²) in [4.78, 5) is 0. The smallest absolute Gasteiger partial charge is 0.134 e. The second kappa shape index (κ2) is 9.82. The number of rotatable bonds is 10. The lowest BCUT2D eigenvalue weighted by molar-refractivity contribution is 0.304. The second-order valence-electron chi connectivity index (χ2n) is 6.18. The molecule has 0 aromatic heterocycles. The molecule has 0 aliphatic carbocycles. The maximum atomic E-state index is 10.1. The fraction of sp³-hybridized carbons (Fsp3) is 0.429. The van der Waals surface area contributed by atoms with E-state index in [9.17, 15) is 10.2 Å². The van der Waals surface area contributed by atoms with Gasteiger partial charge in [-0.3, -0.25) is 0 Å². The highest BCUT2D eigenvalue weighted by molar-refractivity contribution is 5.78. The summed E-state index contributed by atoms with van der Waals surface area (Å²) in [7, 11) is 1.51. The zero-order valence-electron chi connectivity index (χ0n) is 15.1. The Morgan fingerprint density at radius 3 is 2.24 bits per heavy atom. The van der Waals surface area contributed by atoms with E-state index in [2.05, 4.69) is 6.92 Å². The second-order valence-corrected chi connectivity index (χ2v) is 6.18. The highest BCUT2D eigenvalue weighted by Crippen LogP contribution is 2.41. The highest BCUT2D eigenvalue weighted by atomic mass is 16.5. The largest absolute Gasteiger partial charge is 0.508 e. The summed E-state index contributed by atoms with van der Waals surface area (Å²) in [5, 5.41) is 19.7. The van der Waals surface area contributed by atoms with E-state index in [-0.39, 0.29) is 11.5 Å². The molecular weight excluding hydrogens is 316 g/mol. The molecule has 0 aliphatic heterocycles. The minimum absolute atomic E-state index is 0.0161. The Morgan fingerprint density at radius 1 is 0.880 bits per heavy atom. The Kier molecular flexibility index (Phi) is 7.45. The number of ether oxygens (including phenoxy) is 2. The lowest BCUT2D eigenvalue weighted by Crippen LogP contribution is -1.97. The molecule has 0 unspecified atom stereocenters. The summed E-state index contributed by atoms with van der Waals surface area (Å²) < 4.78 is 11.0. The minimum Gasteiger partial charge on any atom is -0.508 e. The van der Waals surface area contributed by atoms with Crippen molar-refractivity contribution in [1.82, 2.24) is 0 Å². The first-order valence-electron chi connectivity index (χ1n) is 8.99. The third-order valence-corrected chi connectivity index (χ3v) is 4.20. The van der Waals surface area contributed by atoms with E-state index >= 15 is 0 Å². The SMILES string of the molecule is CCCCCCCCOc1ccc(-c2c(O)cc(O)cc2OC)cc1. The summed E-state index contributed by atoms with van der Waals surface area (Å²) in [5.41, 5.74) is 1.36. The summed E-state index contributed by atoms with van der Waals surface area (Å²) in [5.74, 6) is 1.20. The Bertz CT molecular complexity index is 650. The van der Waals surface area contributed by atoms with Gasteiger partial charge in [-0.05, 0) is 24.1 Å². The number of benzene rings is 2. The summed E-state index contributed by atoms with van der Waals surface area (Å²) in [6.07, 6.45) is 7.44. The third kappa shape index (κ3) is 5.59. The molecule has 0 amide bonds. The van der Waals surface area contributed by atoms with Crippen LogP contribution in [-0.4, -0.2) is 23.9 Å². The molecule has 0 atom stereocenters. The standard InChI is InChI=1S/C21H28O4/c1-3-4-5-6-7-8-13-25-18-11-9-16(10-12-18)21-19(23)14-17(22)15-20(21)24-2/h9-12,14-15,22-23H,3-8,13H2,1-2H3. The van der Waals surface area contributed by atoms with Gasteiger partial charge in [0, 0.05) is 12.1 Å². The van der Waals surface area contributed by atoms with E-state index in [0.29, 0.717) is 11.3 Å². The molecule has 2 aromatic rings. The van der Waals surface area contributed by atoms with E-state index in [4.69, 9.17) is 9.47 Å². The quantitative estimate of drug-likeness (QED) is 0.558. The molecule has 2 aromatic carbocycles. The molecule has 0 aliphatic rings. The van der Waals surface area contributed by atoms with Crippen LogP contribution in [0.1, 0.15) is 45.4 Å². The van der Waals surface area contributed by atoms with Gasteiger partial charge in [-0.25, -0.2) is 0 Å². The first kappa shape index (κ1) is 19.0. The van der Waals surface area contributed by atoms with Gasteiger partial charge < -0.3 is 19.7 Å². The monoisotopic (exact) mass is 344 g/mol. The van der Waals surface area contributed by atoms with Crippen molar-refractivity contribution in [3.63, 3.8) is 0 Å². The number of hydrogen-bond donors (Lipinski definition) is 2. The van der Waals surface area contributed by atoms with Gasteiger partial charge in [0.25, 0.3) is 0 Å². The Balaban J connectivity index is 1.92. The van der Waals surface area contributed by atoms with Gasteiger partial charge in [-0.1, -0.05) is 51.2 Å². The van der Waals surface area contributed by atoms with Gasteiger partial charge in [0.15, 0.2) is 0 Å². The van der Waals surface area contributed by atoms with Crippen LogP contribution in [0.15, 0.2) is 36.4 Å². The van der Waals surface area contributed by atoms with Crippen molar-refractivity contribution < 1.29 is 19.7 Å². The van der Waals surface area contributed by atoms with Crippen LogP contribution in [0.3, 0.4) is 0 Å². The summed E-state index contributed by atoms with van der Waals surface area (Å²) >= 11 is 0. The molecule has 0 radical (unpaired) electrons. The number of phenols is 2. The first-order valence-corrected chi connectivity index (χ1v) is 8.99. The van der Waals surface area contributed by atoms with Gasteiger partial charge in [0.2, 0.25) is 0 Å². The first-order chi connectivity index (χ1) is 12.2.